The Bertz CT molecular complexity index is 709. The van der Waals surface area contributed by atoms with Crippen molar-refractivity contribution >= 4 is 11.8 Å². The van der Waals surface area contributed by atoms with Gasteiger partial charge in [0.15, 0.2) is 0 Å². The minimum absolute atomic E-state index is 0.0821. The lowest BCUT2D eigenvalue weighted by Gasteiger charge is -2.21. The van der Waals surface area contributed by atoms with E-state index in [0.29, 0.717) is 12.8 Å². The smallest absolute Gasteiger partial charge is 0.316 e. The number of aryl methyl sites for hydroxylation is 1. The number of carbonyl (C=O) groups excluding carboxylic acids is 2. The molecule has 0 heterocycles. The van der Waals surface area contributed by atoms with E-state index >= 15 is 0 Å². The second kappa shape index (κ2) is 8.11. The van der Waals surface area contributed by atoms with Crippen LogP contribution in [0.2, 0.25) is 0 Å². The van der Waals surface area contributed by atoms with Crippen molar-refractivity contribution in [3.05, 3.63) is 60.2 Å². The van der Waals surface area contributed by atoms with Gasteiger partial charge in [0.05, 0.1) is 0 Å². The number of carbonyl (C=O) groups is 2. The number of hydrogen-bond acceptors (Lipinski definition) is 3. The van der Waals surface area contributed by atoms with Gasteiger partial charge in [0.2, 0.25) is 0 Å². The predicted octanol–water partition coefficient (Wildman–Crippen LogP) is 4.83. The summed E-state index contributed by atoms with van der Waals surface area (Å²) in [5, 5.41) is 0. The van der Waals surface area contributed by atoms with Crippen LogP contribution >= 0.6 is 0 Å². The second-order valence-electron chi connectivity index (χ2n) is 7.28. The van der Waals surface area contributed by atoms with Gasteiger partial charge < -0.3 is 4.74 Å². The first-order chi connectivity index (χ1) is 11.8. The Morgan fingerprint density at radius 1 is 0.920 bits per heavy atom. The van der Waals surface area contributed by atoms with Gasteiger partial charge in [-0.1, -0.05) is 54.6 Å². The Balaban J connectivity index is 1.90. The molecule has 0 amide bonds. The summed E-state index contributed by atoms with van der Waals surface area (Å²) in [6, 6.07) is 18.4. The van der Waals surface area contributed by atoms with Gasteiger partial charge in [-0.25, -0.2) is 0 Å². The Labute approximate surface area is 150 Å². The fraction of sp³-hybridized carbons (Fsp3) is 0.364. The zero-order valence-corrected chi connectivity index (χ0v) is 15.4. The van der Waals surface area contributed by atoms with E-state index in [4.69, 9.17) is 4.74 Å². The van der Waals surface area contributed by atoms with Crippen LogP contribution in [0, 0.1) is 5.92 Å². The van der Waals surface area contributed by atoms with Gasteiger partial charge >= 0.3 is 5.97 Å². The highest BCUT2D eigenvalue weighted by molar-refractivity contribution is 5.98. The Hall–Kier alpha value is -2.42. The molecule has 0 aromatic heterocycles. The van der Waals surface area contributed by atoms with Crippen LogP contribution in [-0.4, -0.2) is 17.4 Å². The molecule has 0 bridgehead atoms. The van der Waals surface area contributed by atoms with Crippen LogP contribution in [0.4, 0.5) is 0 Å². The van der Waals surface area contributed by atoms with Gasteiger partial charge in [-0.15, -0.1) is 0 Å². The van der Waals surface area contributed by atoms with E-state index < -0.39 is 17.5 Å². The molecule has 2 aromatic rings. The van der Waals surface area contributed by atoms with E-state index in [0.717, 1.165) is 11.1 Å². The first-order valence-corrected chi connectivity index (χ1v) is 8.66. The maximum absolute atomic E-state index is 12.2. The molecule has 0 radical (unpaired) electrons. The standard InChI is InChI=1S/C22H26O3/c1-16(21(24)25-22(2,3)4)20(23)15-12-17-10-13-19(14-11-17)18-8-6-5-7-9-18/h5-11,13-14,16H,12,15H2,1-4H3. The van der Waals surface area contributed by atoms with Gasteiger partial charge in [-0.05, 0) is 50.8 Å². The fourth-order valence-corrected chi connectivity index (χ4v) is 2.50. The zero-order chi connectivity index (χ0) is 18.4. The van der Waals surface area contributed by atoms with Crippen molar-refractivity contribution in [3.63, 3.8) is 0 Å². The summed E-state index contributed by atoms with van der Waals surface area (Å²) in [7, 11) is 0. The summed E-state index contributed by atoms with van der Waals surface area (Å²) < 4.78 is 5.28. The van der Waals surface area contributed by atoms with Gasteiger partial charge in [0, 0.05) is 6.42 Å². The van der Waals surface area contributed by atoms with Crippen molar-refractivity contribution in [1.29, 1.82) is 0 Å². The SMILES string of the molecule is CC(C(=O)CCc1ccc(-c2ccccc2)cc1)C(=O)OC(C)(C)C. The average Bonchev–Trinajstić information content (AvgIpc) is 2.58. The van der Waals surface area contributed by atoms with E-state index in [-0.39, 0.29) is 5.78 Å². The summed E-state index contributed by atoms with van der Waals surface area (Å²) in [4.78, 5) is 24.2. The molecule has 0 fully saturated rings. The Kier molecular flexibility index (Phi) is 6.13. The van der Waals surface area contributed by atoms with Crippen LogP contribution in [0.5, 0.6) is 0 Å². The lowest BCUT2D eigenvalue weighted by atomic mass is 9.98. The third-order valence-corrected chi connectivity index (χ3v) is 3.96. The number of rotatable bonds is 6. The molecular weight excluding hydrogens is 312 g/mol. The molecule has 0 saturated carbocycles. The second-order valence-corrected chi connectivity index (χ2v) is 7.28. The van der Waals surface area contributed by atoms with Crippen LogP contribution in [0.25, 0.3) is 11.1 Å². The van der Waals surface area contributed by atoms with Crippen LogP contribution < -0.4 is 0 Å². The van der Waals surface area contributed by atoms with E-state index in [1.165, 1.54) is 5.56 Å². The Morgan fingerprint density at radius 2 is 1.48 bits per heavy atom. The number of esters is 1. The van der Waals surface area contributed by atoms with Crippen molar-refractivity contribution in [2.45, 2.75) is 46.1 Å². The fourth-order valence-electron chi connectivity index (χ4n) is 2.50. The molecule has 1 unspecified atom stereocenters. The van der Waals surface area contributed by atoms with Crippen molar-refractivity contribution in [2.24, 2.45) is 5.92 Å². The molecule has 132 valence electrons. The minimum Gasteiger partial charge on any atom is -0.459 e. The molecular formula is C22H26O3. The molecule has 0 spiro atoms. The van der Waals surface area contributed by atoms with Crippen molar-refractivity contribution < 1.29 is 14.3 Å². The summed E-state index contributed by atoms with van der Waals surface area (Å²) in [6.45, 7) is 7.03. The molecule has 3 heteroatoms. The third-order valence-electron chi connectivity index (χ3n) is 3.96. The topological polar surface area (TPSA) is 43.4 Å². The predicted molar refractivity (Wildman–Crippen MR) is 100 cm³/mol. The minimum atomic E-state index is -0.720. The molecule has 0 N–H and O–H groups in total. The molecule has 0 saturated heterocycles. The summed E-state index contributed by atoms with van der Waals surface area (Å²) in [5.41, 5.74) is 2.84. The van der Waals surface area contributed by atoms with Crippen molar-refractivity contribution in [1.82, 2.24) is 0 Å². The highest BCUT2D eigenvalue weighted by atomic mass is 16.6. The summed E-state index contributed by atoms with van der Waals surface area (Å²) in [6.07, 6.45) is 0.964. The van der Waals surface area contributed by atoms with Crippen LogP contribution in [0.1, 0.15) is 39.7 Å². The third kappa shape index (κ3) is 5.86. The molecule has 2 rings (SSSR count). The molecule has 0 aliphatic heterocycles. The van der Waals surface area contributed by atoms with E-state index in [1.807, 2.05) is 30.3 Å². The number of ketones is 1. The van der Waals surface area contributed by atoms with Crippen LogP contribution in [0.3, 0.4) is 0 Å². The number of ether oxygens (including phenoxy) is 1. The van der Waals surface area contributed by atoms with Gasteiger partial charge in [0.1, 0.15) is 17.3 Å². The molecule has 1 atom stereocenters. The number of Topliss-reactive ketones (excluding diaryl/α,β-unsaturated/α-hetero) is 1. The highest BCUT2D eigenvalue weighted by Gasteiger charge is 2.26. The van der Waals surface area contributed by atoms with Crippen molar-refractivity contribution in [2.75, 3.05) is 0 Å². The van der Waals surface area contributed by atoms with Crippen LogP contribution in [-0.2, 0) is 20.7 Å². The van der Waals surface area contributed by atoms with E-state index in [2.05, 4.69) is 24.3 Å². The highest BCUT2D eigenvalue weighted by Crippen LogP contribution is 2.20. The first-order valence-electron chi connectivity index (χ1n) is 8.66. The molecule has 3 nitrogen and oxygen atoms in total. The maximum atomic E-state index is 12.2. The lowest BCUT2D eigenvalue weighted by molar-refractivity contribution is -0.161. The average molecular weight is 338 g/mol. The lowest BCUT2D eigenvalue weighted by Crippen LogP contribution is -2.31. The quantitative estimate of drug-likeness (QED) is 0.559. The Morgan fingerprint density at radius 3 is 2.04 bits per heavy atom. The van der Waals surface area contributed by atoms with Gasteiger partial charge in [-0.3, -0.25) is 9.59 Å². The number of benzene rings is 2. The molecule has 0 aliphatic carbocycles. The molecule has 25 heavy (non-hydrogen) atoms. The summed E-state index contributed by atoms with van der Waals surface area (Å²) in [5.74, 6) is -1.25. The largest absolute Gasteiger partial charge is 0.459 e. The first kappa shape index (κ1) is 18.9. The van der Waals surface area contributed by atoms with Crippen LogP contribution in [0.15, 0.2) is 54.6 Å². The normalized spacial score (nSPS) is 12.5. The van der Waals surface area contributed by atoms with E-state index in [1.54, 1.807) is 27.7 Å². The van der Waals surface area contributed by atoms with Gasteiger partial charge in [0.25, 0.3) is 0 Å². The van der Waals surface area contributed by atoms with Crippen molar-refractivity contribution in [3.8, 4) is 11.1 Å². The zero-order valence-electron chi connectivity index (χ0n) is 15.4. The van der Waals surface area contributed by atoms with E-state index in [9.17, 15) is 9.59 Å². The monoisotopic (exact) mass is 338 g/mol. The molecule has 2 aromatic carbocycles. The maximum Gasteiger partial charge on any atom is 0.316 e. The molecule has 0 aliphatic rings. The number of hydrogen-bond donors (Lipinski definition) is 0. The van der Waals surface area contributed by atoms with Gasteiger partial charge in [-0.2, -0.15) is 0 Å². The summed E-state index contributed by atoms with van der Waals surface area (Å²) >= 11 is 0.